The second-order valence-electron chi connectivity index (χ2n) is 5.89. The number of hydrogen-bond donors (Lipinski definition) is 2. The van der Waals surface area contributed by atoms with Crippen molar-refractivity contribution in [3.8, 4) is 5.75 Å². The molecular formula is C16H21F3N2O2. The molecule has 1 aliphatic rings. The number of benzene rings is 1. The lowest BCUT2D eigenvalue weighted by Crippen LogP contribution is -2.31. The van der Waals surface area contributed by atoms with E-state index in [0.29, 0.717) is 18.0 Å². The molecule has 0 aromatic heterocycles. The smallest absolute Gasteiger partial charge is 0.387 e. The Morgan fingerprint density at radius 2 is 2.00 bits per heavy atom. The molecule has 128 valence electrons. The van der Waals surface area contributed by atoms with E-state index in [-0.39, 0.29) is 11.8 Å². The van der Waals surface area contributed by atoms with Gasteiger partial charge in [0.05, 0.1) is 0 Å². The van der Waals surface area contributed by atoms with Crippen molar-refractivity contribution >= 4 is 5.91 Å². The molecule has 0 radical (unpaired) electrons. The third-order valence-corrected chi connectivity index (χ3v) is 4.22. The van der Waals surface area contributed by atoms with Crippen LogP contribution in [0.3, 0.4) is 0 Å². The highest BCUT2D eigenvalue weighted by molar-refractivity contribution is 5.76. The minimum atomic E-state index is -3.04. The number of nitrogens with one attached hydrogen (secondary N) is 1. The van der Waals surface area contributed by atoms with Gasteiger partial charge in [0.15, 0.2) is 11.6 Å². The van der Waals surface area contributed by atoms with Crippen molar-refractivity contribution in [2.75, 3.05) is 6.54 Å². The van der Waals surface area contributed by atoms with Crippen LogP contribution in [0, 0.1) is 17.7 Å². The van der Waals surface area contributed by atoms with Crippen LogP contribution in [-0.2, 0) is 11.3 Å². The maximum absolute atomic E-state index is 13.6. The van der Waals surface area contributed by atoms with Crippen molar-refractivity contribution in [1.29, 1.82) is 0 Å². The van der Waals surface area contributed by atoms with E-state index in [1.807, 2.05) is 0 Å². The average molecular weight is 330 g/mol. The summed E-state index contributed by atoms with van der Waals surface area (Å²) in [5.74, 6) is -1.02. The SMILES string of the molecule is NC(=O)C1CCC(CNCc2ccc(OC(F)F)c(F)c2)CC1. The number of carbonyl (C=O) groups is 1. The Morgan fingerprint density at radius 3 is 2.57 bits per heavy atom. The molecule has 1 aromatic rings. The number of nitrogens with two attached hydrogens (primary N) is 1. The van der Waals surface area contributed by atoms with E-state index < -0.39 is 18.2 Å². The van der Waals surface area contributed by atoms with Crippen molar-refractivity contribution in [3.63, 3.8) is 0 Å². The first-order valence-corrected chi connectivity index (χ1v) is 7.69. The summed E-state index contributed by atoms with van der Waals surface area (Å²) < 4.78 is 41.8. The molecule has 0 spiro atoms. The van der Waals surface area contributed by atoms with Gasteiger partial charge >= 0.3 is 6.61 Å². The third kappa shape index (κ3) is 5.42. The first kappa shape index (κ1) is 17.6. The van der Waals surface area contributed by atoms with E-state index in [4.69, 9.17) is 5.73 Å². The van der Waals surface area contributed by atoms with Crippen LogP contribution >= 0.6 is 0 Å². The molecule has 4 nitrogen and oxygen atoms in total. The fourth-order valence-corrected chi connectivity index (χ4v) is 2.92. The van der Waals surface area contributed by atoms with Crippen molar-refractivity contribution in [1.82, 2.24) is 5.32 Å². The standard InChI is InChI=1S/C16H21F3N2O2/c17-13-7-11(3-6-14(13)23-16(18)19)9-21-8-10-1-4-12(5-2-10)15(20)22/h3,6-7,10,12,16,21H,1-2,4-5,8-9H2,(H2,20,22). The maximum Gasteiger partial charge on any atom is 0.387 e. The molecule has 2 rings (SSSR count). The number of ether oxygens (including phenoxy) is 1. The van der Waals surface area contributed by atoms with Gasteiger partial charge in [0.2, 0.25) is 5.91 Å². The van der Waals surface area contributed by atoms with Gasteiger partial charge in [-0.25, -0.2) is 4.39 Å². The van der Waals surface area contributed by atoms with Crippen molar-refractivity contribution < 1.29 is 22.7 Å². The summed E-state index contributed by atoms with van der Waals surface area (Å²) in [6, 6.07) is 3.95. The van der Waals surface area contributed by atoms with Crippen molar-refractivity contribution in [3.05, 3.63) is 29.6 Å². The molecule has 0 aliphatic heterocycles. The molecule has 0 heterocycles. The van der Waals surface area contributed by atoms with Crippen LogP contribution in [-0.4, -0.2) is 19.1 Å². The summed E-state index contributed by atoms with van der Waals surface area (Å²) in [6.07, 6.45) is 3.51. The van der Waals surface area contributed by atoms with E-state index in [0.717, 1.165) is 32.2 Å². The van der Waals surface area contributed by atoms with Crippen LogP contribution in [0.1, 0.15) is 31.2 Å². The summed E-state index contributed by atoms with van der Waals surface area (Å²) in [5, 5.41) is 3.23. The average Bonchev–Trinajstić information content (AvgIpc) is 2.50. The molecule has 23 heavy (non-hydrogen) atoms. The number of halogens is 3. The highest BCUT2D eigenvalue weighted by Crippen LogP contribution is 2.28. The molecule has 7 heteroatoms. The Kier molecular flexibility index (Phi) is 6.27. The fraction of sp³-hybridized carbons (Fsp3) is 0.562. The van der Waals surface area contributed by atoms with Crippen LogP contribution < -0.4 is 15.8 Å². The number of hydrogen-bond acceptors (Lipinski definition) is 3. The molecule has 3 N–H and O–H groups in total. The lowest BCUT2D eigenvalue weighted by molar-refractivity contribution is -0.122. The van der Waals surface area contributed by atoms with Crippen molar-refractivity contribution in [2.45, 2.75) is 38.8 Å². The molecule has 0 atom stereocenters. The summed E-state index contributed by atoms with van der Waals surface area (Å²) in [7, 11) is 0. The van der Waals surface area contributed by atoms with Crippen LogP contribution in [0.25, 0.3) is 0 Å². The number of rotatable bonds is 7. The highest BCUT2D eigenvalue weighted by atomic mass is 19.3. The Hall–Kier alpha value is -1.76. The molecule has 0 unspecified atom stereocenters. The van der Waals surface area contributed by atoms with Gasteiger partial charge in [-0.3, -0.25) is 4.79 Å². The first-order valence-electron chi connectivity index (χ1n) is 7.69. The summed E-state index contributed by atoms with van der Waals surface area (Å²) in [6.45, 7) is -1.83. The van der Waals surface area contributed by atoms with Gasteiger partial charge in [0.25, 0.3) is 0 Å². The van der Waals surface area contributed by atoms with Gasteiger partial charge in [-0.1, -0.05) is 6.07 Å². The van der Waals surface area contributed by atoms with E-state index in [1.165, 1.54) is 12.1 Å². The Bertz CT molecular complexity index is 532. The minimum absolute atomic E-state index is 0.0114. The predicted molar refractivity (Wildman–Crippen MR) is 79.4 cm³/mol. The molecule has 1 aromatic carbocycles. The monoisotopic (exact) mass is 330 g/mol. The zero-order valence-electron chi connectivity index (χ0n) is 12.7. The summed E-state index contributed by atoms with van der Waals surface area (Å²) in [5.41, 5.74) is 5.96. The predicted octanol–water partition coefficient (Wildman–Crippen LogP) is 2.81. The van der Waals surface area contributed by atoms with Crippen molar-refractivity contribution in [2.24, 2.45) is 17.6 Å². The zero-order chi connectivity index (χ0) is 16.8. The van der Waals surface area contributed by atoms with Gasteiger partial charge in [-0.15, -0.1) is 0 Å². The van der Waals surface area contributed by atoms with Crippen LogP contribution in [0.4, 0.5) is 13.2 Å². The van der Waals surface area contributed by atoms with Gasteiger partial charge in [-0.2, -0.15) is 8.78 Å². The van der Waals surface area contributed by atoms with E-state index in [2.05, 4.69) is 10.1 Å². The fourth-order valence-electron chi connectivity index (χ4n) is 2.92. The second kappa shape index (κ2) is 8.19. The van der Waals surface area contributed by atoms with Gasteiger partial charge in [0, 0.05) is 12.5 Å². The Labute approximate surface area is 133 Å². The van der Waals surface area contributed by atoms with Gasteiger partial charge < -0.3 is 15.8 Å². The number of alkyl halides is 2. The lowest BCUT2D eigenvalue weighted by atomic mass is 9.81. The maximum atomic E-state index is 13.6. The molecule has 1 fully saturated rings. The molecular weight excluding hydrogens is 309 g/mol. The largest absolute Gasteiger partial charge is 0.432 e. The topological polar surface area (TPSA) is 64.4 Å². The van der Waals surface area contributed by atoms with E-state index in [1.54, 1.807) is 6.07 Å². The van der Waals surface area contributed by atoms with E-state index >= 15 is 0 Å². The van der Waals surface area contributed by atoms with Crippen LogP contribution in [0.5, 0.6) is 5.75 Å². The molecule has 0 bridgehead atoms. The number of carbonyl (C=O) groups excluding carboxylic acids is 1. The summed E-state index contributed by atoms with van der Waals surface area (Å²) in [4.78, 5) is 11.1. The highest BCUT2D eigenvalue weighted by Gasteiger charge is 2.24. The normalized spacial score (nSPS) is 21.4. The quantitative estimate of drug-likeness (QED) is 0.808. The molecule has 0 saturated heterocycles. The first-order chi connectivity index (χ1) is 11.0. The second-order valence-corrected chi connectivity index (χ2v) is 5.89. The Morgan fingerprint density at radius 1 is 1.30 bits per heavy atom. The van der Waals surface area contributed by atoms with E-state index in [9.17, 15) is 18.0 Å². The number of primary amides is 1. The molecule has 1 amide bonds. The van der Waals surface area contributed by atoms with Crippen LogP contribution in [0.2, 0.25) is 0 Å². The molecule has 1 saturated carbocycles. The summed E-state index contributed by atoms with van der Waals surface area (Å²) >= 11 is 0. The number of amides is 1. The lowest BCUT2D eigenvalue weighted by Gasteiger charge is -2.26. The Balaban J connectivity index is 1.74. The third-order valence-electron chi connectivity index (χ3n) is 4.22. The van der Waals surface area contributed by atoms with Gasteiger partial charge in [0.1, 0.15) is 0 Å². The van der Waals surface area contributed by atoms with Gasteiger partial charge in [-0.05, 0) is 55.8 Å². The zero-order valence-corrected chi connectivity index (χ0v) is 12.7. The molecule has 1 aliphatic carbocycles. The van der Waals surface area contributed by atoms with Crippen LogP contribution in [0.15, 0.2) is 18.2 Å². The minimum Gasteiger partial charge on any atom is -0.432 e.